The smallest absolute Gasteiger partial charge is 0.216 e. The summed E-state index contributed by atoms with van der Waals surface area (Å²) in [7, 11) is -3.23. The van der Waals surface area contributed by atoms with Crippen LogP contribution in [0, 0.1) is 0 Å². The molecule has 0 aliphatic carbocycles. The van der Waals surface area contributed by atoms with Gasteiger partial charge in [-0.25, -0.2) is 12.7 Å². The summed E-state index contributed by atoms with van der Waals surface area (Å²) in [4.78, 5) is 0. The van der Waals surface area contributed by atoms with Crippen molar-refractivity contribution in [3.8, 4) is 0 Å². The largest absolute Gasteiger partial charge is 0.396 e. The zero-order valence-corrected chi connectivity index (χ0v) is 10.6. The summed E-state index contributed by atoms with van der Waals surface area (Å²) in [5.41, 5.74) is 0. The third kappa shape index (κ3) is 4.01. The molecule has 0 radical (unpaired) electrons. The van der Waals surface area contributed by atoms with Gasteiger partial charge < -0.3 is 9.84 Å². The molecule has 0 aromatic rings. The number of ether oxygens (including phenoxy) is 1. The molecule has 1 heterocycles. The van der Waals surface area contributed by atoms with E-state index in [1.807, 2.05) is 6.92 Å². The first kappa shape index (κ1) is 13.9. The first-order valence-corrected chi connectivity index (χ1v) is 7.41. The van der Waals surface area contributed by atoms with Gasteiger partial charge in [-0.05, 0) is 19.3 Å². The van der Waals surface area contributed by atoms with E-state index in [-0.39, 0.29) is 18.5 Å². The van der Waals surface area contributed by atoms with E-state index < -0.39 is 10.0 Å². The van der Waals surface area contributed by atoms with Gasteiger partial charge in [-0.15, -0.1) is 0 Å². The van der Waals surface area contributed by atoms with Gasteiger partial charge in [0, 0.05) is 26.3 Å². The lowest BCUT2D eigenvalue weighted by molar-refractivity contribution is 0.126. The van der Waals surface area contributed by atoms with Crippen molar-refractivity contribution in [2.75, 3.05) is 32.1 Å². The molecule has 0 aromatic carbocycles. The van der Waals surface area contributed by atoms with Crippen LogP contribution in [0.25, 0.3) is 0 Å². The Morgan fingerprint density at radius 2 is 2.25 bits per heavy atom. The van der Waals surface area contributed by atoms with Gasteiger partial charge in [0.1, 0.15) is 0 Å². The maximum Gasteiger partial charge on any atom is 0.216 e. The third-order valence-corrected chi connectivity index (χ3v) is 4.75. The SMILES string of the molecule is CCN(CCCO)S(=O)(=O)CC1CCCO1. The maximum absolute atomic E-state index is 12.0. The van der Waals surface area contributed by atoms with Crippen molar-refractivity contribution in [3.63, 3.8) is 0 Å². The summed E-state index contributed by atoms with van der Waals surface area (Å²) >= 11 is 0. The molecule has 1 aliphatic heterocycles. The summed E-state index contributed by atoms with van der Waals surface area (Å²) in [5.74, 6) is 0.0757. The van der Waals surface area contributed by atoms with Crippen molar-refractivity contribution in [3.05, 3.63) is 0 Å². The van der Waals surface area contributed by atoms with Crippen LogP contribution in [0.2, 0.25) is 0 Å². The summed E-state index contributed by atoms with van der Waals surface area (Å²) in [5, 5.41) is 8.71. The molecule has 0 spiro atoms. The van der Waals surface area contributed by atoms with E-state index in [1.165, 1.54) is 4.31 Å². The van der Waals surface area contributed by atoms with Crippen molar-refractivity contribution in [2.45, 2.75) is 32.3 Å². The predicted molar refractivity (Wildman–Crippen MR) is 61.7 cm³/mol. The molecular weight excluding hydrogens is 230 g/mol. The Bertz CT molecular complexity index is 285. The van der Waals surface area contributed by atoms with Gasteiger partial charge in [0.25, 0.3) is 0 Å². The molecule has 1 unspecified atom stereocenters. The number of aliphatic hydroxyl groups excluding tert-OH is 1. The van der Waals surface area contributed by atoms with Crippen molar-refractivity contribution < 1.29 is 18.3 Å². The fourth-order valence-electron chi connectivity index (χ4n) is 1.86. The second-order valence-corrected chi connectivity index (χ2v) is 6.00. The molecule has 0 bridgehead atoms. The van der Waals surface area contributed by atoms with Crippen molar-refractivity contribution in [1.82, 2.24) is 4.31 Å². The quantitative estimate of drug-likeness (QED) is 0.702. The molecule has 1 N–H and O–H groups in total. The van der Waals surface area contributed by atoms with Crippen LogP contribution in [-0.4, -0.2) is 56.0 Å². The Kier molecular flexibility index (Phi) is 5.68. The van der Waals surface area contributed by atoms with Gasteiger partial charge in [-0.3, -0.25) is 0 Å². The van der Waals surface area contributed by atoms with Gasteiger partial charge in [0.05, 0.1) is 11.9 Å². The summed E-state index contributed by atoms with van der Waals surface area (Å²) in [6.07, 6.45) is 2.12. The molecule has 0 aromatic heterocycles. The lowest BCUT2D eigenvalue weighted by Crippen LogP contribution is -2.37. The minimum atomic E-state index is -3.23. The Balaban J connectivity index is 2.51. The molecule has 1 rings (SSSR count). The number of aliphatic hydroxyl groups is 1. The average molecular weight is 251 g/mol. The number of rotatable bonds is 7. The molecule has 1 saturated heterocycles. The molecule has 16 heavy (non-hydrogen) atoms. The summed E-state index contributed by atoms with van der Waals surface area (Å²) < 4.78 is 30.7. The molecule has 6 heteroatoms. The van der Waals surface area contributed by atoms with E-state index in [0.717, 1.165) is 12.8 Å². The highest BCUT2D eigenvalue weighted by Gasteiger charge is 2.27. The molecule has 96 valence electrons. The lowest BCUT2D eigenvalue weighted by Gasteiger charge is -2.21. The fraction of sp³-hybridized carbons (Fsp3) is 1.00. The van der Waals surface area contributed by atoms with Gasteiger partial charge in [0.2, 0.25) is 10.0 Å². The maximum atomic E-state index is 12.0. The van der Waals surface area contributed by atoms with E-state index in [1.54, 1.807) is 0 Å². The van der Waals surface area contributed by atoms with E-state index in [2.05, 4.69) is 0 Å². The van der Waals surface area contributed by atoms with Crippen LogP contribution in [0.1, 0.15) is 26.2 Å². The molecule has 0 amide bonds. The number of hydrogen-bond donors (Lipinski definition) is 1. The average Bonchev–Trinajstić information content (AvgIpc) is 2.70. The molecule has 0 saturated carbocycles. The van der Waals surface area contributed by atoms with E-state index in [4.69, 9.17) is 9.84 Å². The normalized spacial score (nSPS) is 21.8. The van der Waals surface area contributed by atoms with Gasteiger partial charge >= 0.3 is 0 Å². The Hall–Kier alpha value is -0.170. The highest BCUT2D eigenvalue weighted by molar-refractivity contribution is 7.89. The third-order valence-electron chi connectivity index (χ3n) is 2.73. The molecular formula is C10H21NO4S. The summed E-state index contributed by atoms with van der Waals surface area (Å²) in [6.45, 7) is 3.34. The Morgan fingerprint density at radius 3 is 2.75 bits per heavy atom. The lowest BCUT2D eigenvalue weighted by atomic mass is 10.3. The minimum Gasteiger partial charge on any atom is -0.396 e. The standard InChI is InChI=1S/C10H21NO4S/c1-2-11(6-4-7-12)16(13,14)9-10-5-3-8-15-10/h10,12H,2-9H2,1H3. The van der Waals surface area contributed by atoms with E-state index in [9.17, 15) is 8.42 Å². The number of nitrogens with zero attached hydrogens (tertiary/aromatic N) is 1. The van der Waals surface area contributed by atoms with Crippen LogP contribution in [0.5, 0.6) is 0 Å². The van der Waals surface area contributed by atoms with Crippen LogP contribution in [0.15, 0.2) is 0 Å². The van der Waals surface area contributed by atoms with Crippen molar-refractivity contribution in [2.24, 2.45) is 0 Å². The zero-order chi connectivity index (χ0) is 12.0. The highest BCUT2D eigenvalue weighted by Crippen LogP contribution is 2.16. The van der Waals surface area contributed by atoms with Crippen LogP contribution < -0.4 is 0 Å². The van der Waals surface area contributed by atoms with Crippen LogP contribution in [0.4, 0.5) is 0 Å². The Morgan fingerprint density at radius 1 is 1.50 bits per heavy atom. The van der Waals surface area contributed by atoms with Gasteiger partial charge in [0.15, 0.2) is 0 Å². The zero-order valence-electron chi connectivity index (χ0n) is 9.76. The monoisotopic (exact) mass is 251 g/mol. The molecule has 1 fully saturated rings. The van der Waals surface area contributed by atoms with Gasteiger partial charge in [-0.2, -0.15) is 0 Å². The number of hydrogen-bond acceptors (Lipinski definition) is 4. The number of sulfonamides is 1. The molecule has 1 aliphatic rings. The highest BCUT2D eigenvalue weighted by atomic mass is 32.2. The fourth-order valence-corrected chi connectivity index (χ4v) is 3.60. The van der Waals surface area contributed by atoms with Gasteiger partial charge in [-0.1, -0.05) is 6.92 Å². The van der Waals surface area contributed by atoms with Crippen molar-refractivity contribution >= 4 is 10.0 Å². The Labute approximate surface area is 97.4 Å². The van der Waals surface area contributed by atoms with E-state index >= 15 is 0 Å². The second-order valence-electron chi connectivity index (χ2n) is 3.98. The topological polar surface area (TPSA) is 66.8 Å². The first-order valence-electron chi connectivity index (χ1n) is 5.80. The van der Waals surface area contributed by atoms with E-state index in [0.29, 0.717) is 26.1 Å². The van der Waals surface area contributed by atoms with Crippen molar-refractivity contribution in [1.29, 1.82) is 0 Å². The minimum absolute atomic E-state index is 0.0198. The van der Waals surface area contributed by atoms with Crippen LogP contribution >= 0.6 is 0 Å². The molecule has 1 atom stereocenters. The van der Waals surface area contributed by atoms with Crippen LogP contribution in [-0.2, 0) is 14.8 Å². The summed E-state index contributed by atoms with van der Waals surface area (Å²) in [6, 6.07) is 0. The van der Waals surface area contributed by atoms with Crippen LogP contribution in [0.3, 0.4) is 0 Å². The molecule has 5 nitrogen and oxygen atoms in total. The predicted octanol–water partition coefficient (Wildman–Crippen LogP) is 0.200. The first-order chi connectivity index (χ1) is 7.60. The second kappa shape index (κ2) is 6.54.